The van der Waals surface area contributed by atoms with E-state index < -0.39 is 0 Å². The highest BCUT2D eigenvalue weighted by Crippen LogP contribution is 2.35. The van der Waals surface area contributed by atoms with Gasteiger partial charge in [0.05, 0.1) is 6.61 Å². The zero-order valence-electron chi connectivity index (χ0n) is 13.1. The van der Waals surface area contributed by atoms with Gasteiger partial charge in [0, 0.05) is 18.0 Å². The van der Waals surface area contributed by atoms with Gasteiger partial charge in [0.15, 0.2) is 0 Å². The fraction of sp³-hybridized carbons (Fsp3) is 0.667. The molecule has 0 spiro atoms. The summed E-state index contributed by atoms with van der Waals surface area (Å²) in [5.74, 6) is 1.16. The van der Waals surface area contributed by atoms with Crippen LogP contribution < -0.4 is 10.1 Å². The average Bonchev–Trinajstić information content (AvgIpc) is 2.94. The molecule has 1 unspecified atom stereocenters. The Kier molecular flexibility index (Phi) is 6.38. The summed E-state index contributed by atoms with van der Waals surface area (Å²) in [6.07, 6.45) is 9.01. The van der Waals surface area contributed by atoms with Gasteiger partial charge in [-0.1, -0.05) is 64.2 Å². The predicted octanol–water partition coefficient (Wildman–Crippen LogP) is 4.63. The van der Waals surface area contributed by atoms with Crippen molar-refractivity contribution in [3.63, 3.8) is 0 Å². The molecular weight excluding hydrogens is 246 g/mol. The van der Waals surface area contributed by atoms with Crippen molar-refractivity contribution in [2.45, 2.75) is 64.8 Å². The van der Waals surface area contributed by atoms with Crippen LogP contribution in [-0.2, 0) is 6.42 Å². The first-order valence-electron chi connectivity index (χ1n) is 8.34. The van der Waals surface area contributed by atoms with Crippen molar-refractivity contribution < 1.29 is 4.74 Å². The Balaban J connectivity index is 1.96. The zero-order chi connectivity index (χ0) is 14.2. The summed E-state index contributed by atoms with van der Waals surface area (Å²) in [4.78, 5) is 0. The van der Waals surface area contributed by atoms with Crippen LogP contribution in [0.15, 0.2) is 18.2 Å². The second kappa shape index (κ2) is 8.31. The Labute approximate surface area is 123 Å². The molecule has 20 heavy (non-hydrogen) atoms. The molecule has 0 fully saturated rings. The number of fused-ring (bicyclic) bond motifs is 1. The van der Waals surface area contributed by atoms with Gasteiger partial charge < -0.3 is 10.1 Å². The fourth-order valence-electron chi connectivity index (χ4n) is 3.08. The van der Waals surface area contributed by atoms with Crippen LogP contribution >= 0.6 is 0 Å². The van der Waals surface area contributed by atoms with E-state index in [9.17, 15) is 0 Å². The molecule has 0 radical (unpaired) electrons. The molecule has 1 aromatic carbocycles. The first-order valence-corrected chi connectivity index (χ1v) is 8.34. The normalized spacial score (nSPS) is 14.9. The summed E-state index contributed by atoms with van der Waals surface area (Å²) in [6, 6.07) is 7.08. The van der Waals surface area contributed by atoms with Gasteiger partial charge in [-0.3, -0.25) is 0 Å². The maximum absolute atomic E-state index is 5.86. The van der Waals surface area contributed by atoms with Gasteiger partial charge in [0.2, 0.25) is 0 Å². The Bertz CT molecular complexity index is 402. The van der Waals surface area contributed by atoms with E-state index in [1.807, 2.05) is 0 Å². The van der Waals surface area contributed by atoms with Gasteiger partial charge in [0.1, 0.15) is 5.75 Å². The highest BCUT2D eigenvalue weighted by molar-refractivity contribution is 5.45. The molecule has 1 atom stereocenters. The van der Waals surface area contributed by atoms with Gasteiger partial charge >= 0.3 is 0 Å². The molecule has 0 bridgehead atoms. The Morgan fingerprint density at radius 3 is 2.80 bits per heavy atom. The number of ether oxygens (including phenoxy) is 1. The number of nitrogens with one attached hydrogen (secondary N) is 1. The molecule has 0 aromatic heterocycles. The number of hydrogen-bond acceptors (Lipinski definition) is 2. The van der Waals surface area contributed by atoms with E-state index in [0.29, 0.717) is 6.04 Å². The highest BCUT2D eigenvalue weighted by atomic mass is 16.5. The minimum Gasteiger partial charge on any atom is -0.493 e. The van der Waals surface area contributed by atoms with Crippen LogP contribution in [0.2, 0.25) is 0 Å². The van der Waals surface area contributed by atoms with E-state index in [4.69, 9.17) is 4.74 Å². The summed E-state index contributed by atoms with van der Waals surface area (Å²) in [5, 5.41) is 3.64. The van der Waals surface area contributed by atoms with Crippen LogP contribution in [-0.4, -0.2) is 13.2 Å². The average molecular weight is 275 g/mol. The van der Waals surface area contributed by atoms with Crippen molar-refractivity contribution in [1.29, 1.82) is 0 Å². The lowest BCUT2D eigenvalue weighted by atomic mass is 9.97. The van der Waals surface area contributed by atoms with Crippen molar-refractivity contribution in [3.05, 3.63) is 29.3 Å². The molecule has 112 valence electrons. The largest absolute Gasteiger partial charge is 0.493 e. The summed E-state index contributed by atoms with van der Waals surface area (Å²) in [7, 11) is 0. The maximum Gasteiger partial charge on any atom is 0.127 e. The molecule has 2 nitrogen and oxygen atoms in total. The lowest BCUT2D eigenvalue weighted by Gasteiger charge is -2.20. The molecular formula is C18H29NO. The third-order valence-corrected chi connectivity index (χ3v) is 4.17. The van der Waals surface area contributed by atoms with Crippen LogP contribution in [0.25, 0.3) is 0 Å². The van der Waals surface area contributed by atoms with Crippen molar-refractivity contribution in [1.82, 2.24) is 5.32 Å². The predicted molar refractivity (Wildman–Crippen MR) is 85.4 cm³/mol. The number of rotatable bonds is 9. The monoisotopic (exact) mass is 275 g/mol. The minimum absolute atomic E-state index is 0.453. The van der Waals surface area contributed by atoms with Crippen molar-refractivity contribution in [3.8, 4) is 5.75 Å². The summed E-state index contributed by atoms with van der Waals surface area (Å²) < 4.78 is 5.86. The molecule has 0 amide bonds. The van der Waals surface area contributed by atoms with Crippen LogP contribution in [0, 0.1) is 0 Å². The number of benzene rings is 1. The SMILES string of the molecule is CCCCCCCC(NCC)c1cccc2c1OCC2. The molecule has 1 aliphatic heterocycles. The Hall–Kier alpha value is -1.02. The van der Waals surface area contributed by atoms with Crippen LogP contribution in [0.4, 0.5) is 0 Å². The van der Waals surface area contributed by atoms with Crippen molar-refractivity contribution in [2.24, 2.45) is 0 Å². The molecule has 0 saturated heterocycles. The first kappa shape index (κ1) is 15.4. The van der Waals surface area contributed by atoms with E-state index >= 15 is 0 Å². The topological polar surface area (TPSA) is 21.3 Å². The molecule has 1 N–H and O–H groups in total. The molecule has 0 saturated carbocycles. The second-order valence-electron chi connectivity index (χ2n) is 5.75. The maximum atomic E-state index is 5.86. The van der Waals surface area contributed by atoms with E-state index in [0.717, 1.165) is 25.3 Å². The third kappa shape index (κ3) is 3.99. The number of para-hydroxylation sites is 1. The molecule has 0 aliphatic carbocycles. The lowest BCUT2D eigenvalue weighted by Crippen LogP contribution is -2.21. The van der Waals surface area contributed by atoms with Crippen LogP contribution in [0.3, 0.4) is 0 Å². The molecule has 1 heterocycles. The van der Waals surface area contributed by atoms with Gasteiger partial charge in [-0.05, 0) is 18.5 Å². The van der Waals surface area contributed by atoms with Crippen LogP contribution in [0.1, 0.15) is 69.5 Å². The quantitative estimate of drug-likeness (QED) is 0.663. The lowest BCUT2D eigenvalue weighted by molar-refractivity contribution is 0.346. The zero-order valence-corrected chi connectivity index (χ0v) is 13.1. The van der Waals surface area contributed by atoms with Gasteiger partial charge in [0.25, 0.3) is 0 Å². The summed E-state index contributed by atoms with van der Waals surface area (Å²) in [5.41, 5.74) is 2.76. The van der Waals surface area contributed by atoms with Crippen molar-refractivity contribution in [2.75, 3.05) is 13.2 Å². The van der Waals surface area contributed by atoms with Gasteiger partial charge in [-0.2, -0.15) is 0 Å². The second-order valence-corrected chi connectivity index (χ2v) is 5.75. The van der Waals surface area contributed by atoms with Crippen molar-refractivity contribution >= 4 is 0 Å². The van der Waals surface area contributed by atoms with Gasteiger partial charge in [-0.25, -0.2) is 0 Å². The smallest absolute Gasteiger partial charge is 0.127 e. The van der Waals surface area contributed by atoms with E-state index in [1.54, 1.807) is 0 Å². The minimum atomic E-state index is 0.453. The Morgan fingerprint density at radius 2 is 2.00 bits per heavy atom. The highest BCUT2D eigenvalue weighted by Gasteiger charge is 2.21. The number of hydrogen-bond donors (Lipinski definition) is 1. The van der Waals surface area contributed by atoms with E-state index in [2.05, 4.69) is 37.4 Å². The fourth-order valence-corrected chi connectivity index (χ4v) is 3.08. The molecule has 1 aromatic rings. The number of unbranched alkanes of at least 4 members (excludes halogenated alkanes) is 4. The standard InChI is InChI=1S/C18H29NO/c1-3-5-6-7-8-12-17(19-4-2)16-11-9-10-15-13-14-20-18(15)16/h9-11,17,19H,3-8,12-14H2,1-2H3. The van der Waals surface area contributed by atoms with Crippen LogP contribution in [0.5, 0.6) is 5.75 Å². The summed E-state index contributed by atoms with van der Waals surface area (Å²) in [6.45, 7) is 6.32. The third-order valence-electron chi connectivity index (χ3n) is 4.17. The molecule has 2 heteroatoms. The Morgan fingerprint density at radius 1 is 1.15 bits per heavy atom. The van der Waals surface area contributed by atoms with E-state index in [-0.39, 0.29) is 0 Å². The molecule has 1 aliphatic rings. The molecule has 2 rings (SSSR count). The van der Waals surface area contributed by atoms with E-state index in [1.165, 1.54) is 49.7 Å². The first-order chi connectivity index (χ1) is 9.86. The summed E-state index contributed by atoms with van der Waals surface area (Å²) >= 11 is 0. The van der Waals surface area contributed by atoms with Gasteiger partial charge in [-0.15, -0.1) is 0 Å².